The van der Waals surface area contributed by atoms with Gasteiger partial charge in [-0.05, 0) is 37.9 Å². The molecule has 1 N–H and O–H groups in total. The summed E-state index contributed by atoms with van der Waals surface area (Å²) in [7, 11) is 0. The SMILES string of the molecule is O=C(N[C@H]1CN2CCC1CC2)c1cc2c(N3CCOCC3=O)csc2cn1. The van der Waals surface area contributed by atoms with Crippen LogP contribution in [-0.4, -0.2) is 67.1 Å². The predicted molar refractivity (Wildman–Crippen MR) is 103 cm³/mol. The number of rotatable bonds is 3. The Morgan fingerprint density at radius 2 is 2.15 bits per heavy atom. The zero-order valence-corrected chi connectivity index (χ0v) is 15.8. The molecule has 0 aromatic carbocycles. The summed E-state index contributed by atoms with van der Waals surface area (Å²) in [6, 6.07) is 2.03. The van der Waals surface area contributed by atoms with Crippen molar-refractivity contribution in [3.05, 3.63) is 23.3 Å². The molecule has 4 aliphatic rings. The number of nitrogens with one attached hydrogen (secondary N) is 1. The van der Waals surface area contributed by atoms with Crippen LogP contribution in [0.3, 0.4) is 0 Å². The Balaban J connectivity index is 1.39. The summed E-state index contributed by atoms with van der Waals surface area (Å²) >= 11 is 1.54. The van der Waals surface area contributed by atoms with Gasteiger partial charge in [0.05, 0.1) is 17.0 Å². The Morgan fingerprint density at radius 3 is 2.89 bits per heavy atom. The molecule has 4 aliphatic heterocycles. The van der Waals surface area contributed by atoms with Crippen molar-refractivity contribution in [3.63, 3.8) is 0 Å². The average molecular weight is 386 g/mol. The van der Waals surface area contributed by atoms with Gasteiger partial charge in [-0.3, -0.25) is 9.59 Å². The Hall–Kier alpha value is -2.03. The van der Waals surface area contributed by atoms with Gasteiger partial charge in [0.2, 0.25) is 0 Å². The highest BCUT2D eigenvalue weighted by molar-refractivity contribution is 7.17. The number of hydrogen-bond acceptors (Lipinski definition) is 6. The van der Waals surface area contributed by atoms with Crippen LogP contribution >= 0.6 is 11.3 Å². The zero-order valence-electron chi connectivity index (χ0n) is 15.0. The van der Waals surface area contributed by atoms with Crippen LogP contribution in [0.5, 0.6) is 0 Å². The van der Waals surface area contributed by atoms with Crippen LogP contribution in [0.4, 0.5) is 5.69 Å². The lowest BCUT2D eigenvalue weighted by molar-refractivity contribution is -0.125. The maximum Gasteiger partial charge on any atom is 0.270 e. The molecule has 8 heteroatoms. The molecule has 7 nitrogen and oxygen atoms in total. The summed E-state index contributed by atoms with van der Waals surface area (Å²) < 4.78 is 6.20. The van der Waals surface area contributed by atoms with Crippen molar-refractivity contribution in [2.45, 2.75) is 18.9 Å². The molecule has 142 valence electrons. The predicted octanol–water partition coefficient (Wildman–Crippen LogP) is 1.48. The first-order valence-electron chi connectivity index (χ1n) is 9.47. The number of amides is 2. The molecule has 0 unspecified atom stereocenters. The van der Waals surface area contributed by atoms with Gasteiger partial charge in [-0.2, -0.15) is 0 Å². The number of thiophene rings is 1. The van der Waals surface area contributed by atoms with E-state index in [1.807, 2.05) is 11.4 Å². The quantitative estimate of drug-likeness (QED) is 0.865. The third kappa shape index (κ3) is 3.11. The number of pyridine rings is 1. The molecule has 2 aromatic heterocycles. The van der Waals surface area contributed by atoms with Gasteiger partial charge in [0, 0.05) is 36.1 Å². The molecule has 0 saturated carbocycles. The van der Waals surface area contributed by atoms with Crippen molar-refractivity contribution in [1.82, 2.24) is 15.2 Å². The fourth-order valence-corrected chi connectivity index (χ4v) is 5.29. The summed E-state index contributed by atoms with van der Waals surface area (Å²) in [6.07, 6.45) is 4.05. The van der Waals surface area contributed by atoms with Crippen LogP contribution in [0.2, 0.25) is 0 Å². The van der Waals surface area contributed by atoms with Crippen LogP contribution < -0.4 is 10.2 Å². The second-order valence-corrected chi connectivity index (χ2v) is 8.41. The summed E-state index contributed by atoms with van der Waals surface area (Å²) in [5.41, 5.74) is 1.27. The molecule has 4 saturated heterocycles. The highest BCUT2D eigenvalue weighted by atomic mass is 32.1. The third-order valence-corrected chi connectivity index (χ3v) is 6.84. The van der Waals surface area contributed by atoms with Crippen molar-refractivity contribution in [2.75, 3.05) is 44.3 Å². The van der Waals surface area contributed by atoms with E-state index in [4.69, 9.17) is 4.74 Å². The molecule has 2 aromatic rings. The monoisotopic (exact) mass is 386 g/mol. The van der Waals surface area contributed by atoms with E-state index in [2.05, 4.69) is 15.2 Å². The number of morpholine rings is 1. The molecule has 0 spiro atoms. The van der Waals surface area contributed by atoms with E-state index < -0.39 is 0 Å². The maximum absolute atomic E-state index is 12.8. The van der Waals surface area contributed by atoms with Gasteiger partial charge in [-0.15, -0.1) is 11.3 Å². The van der Waals surface area contributed by atoms with E-state index >= 15 is 0 Å². The van der Waals surface area contributed by atoms with Gasteiger partial charge in [-0.25, -0.2) is 4.98 Å². The third-order valence-electron chi connectivity index (χ3n) is 5.92. The number of aromatic nitrogens is 1. The minimum absolute atomic E-state index is 0.0453. The topological polar surface area (TPSA) is 74.8 Å². The number of anilines is 1. The Bertz CT molecular complexity index is 890. The molecule has 4 fully saturated rings. The number of fused-ring (bicyclic) bond motifs is 4. The Morgan fingerprint density at radius 1 is 1.30 bits per heavy atom. The highest BCUT2D eigenvalue weighted by Crippen LogP contribution is 2.34. The summed E-state index contributed by atoms with van der Waals surface area (Å²) in [4.78, 5) is 33.5. The number of carbonyl (C=O) groups is 2. The van der Waals surface area contributed by atoms with Gasteiger partial charge >= 0.3 is 0 Å². The minimum Gasteiger partial charge on any atom is -0.370 e. The lowest BCUT2D eigenvalue weighted by Crippen LogP contribution is -2.57. The van der Waals surface area contributed by atoms with Crippen LogP contribution in [0.1, 0.15) is 23.3 Å². The molecule has 2 amide bonds. The largest absolute Gasteiger partial charge is 0.370 e. The smallest absolute Gasteiger partial charge is 0.270 e. The van der Waals surface area contributed by atoms with Crippen molar-refractivity contribution in [3.8, 4) is 0 Å². The molecular formula is C19H22N4O3S. The van der Waals surface area contributed by atoms with Gasteiger partial charge in [-0.1, -0.05) is 0 Å². The van der Waals surface area contributed by atoms with Crippen LogP contribution in [-0.2, 0) is 9.53 Å². The molecule has 2 bridgehead atoms. The molecule has 0 aliphatic carbocycles. The summed E-state index contributed by atoms with van der Waals surface area (Å²) in [5.74, 6) is 0.405. The van der Waals surface area contributed by atoms with E-state index in [0.29, 0.717) is 24.8 Å². The first kappa shape index (κ1) is 17.1. The zero-order chi connectivity index (χ0) is 18.4. The van der Waals surface area contributed by atoms with E-state index in [1.165, 1.54) is 11.3 Å². The van der Waals surface area contributed by atoms with Crippen molar-refractivity contribution >= 4 is 38.9 Å². The number of ether oxygens (including phenoxy) is 1. The summed E-state index contributed by atoms with van der Waals surface area (Å²) in [5, 5.41) is 6.06. The highest BCUT2D eigenvalue weighted by Gasteiger charge is 2.35. The lowest BCUT2D eigenvalue weighted by Gasteiger charge is -2.44. The van der Waals surface area contributed by atoms with Crippen molar-refractivity contribution in [2.24, 2.45) is 5.92 Å². The number of hydrogen-bond donors (Lipinski definition) is 1. The standard InChI is InChI=1S/C19H22N4O3S/c24-18-10-26-6-5-23(18)16-11-27-17-8-20-14(7-13(16)17)19(25)21-15-9-22-3-1-12(15)2-4-22/h7-8,11-12,15H,1-6,9-10H2,(H,21,25)/t15-/m0/s1. The Kier molecular flexibility index (Phi) is 4.34. The first-order chi connectivity index (χ1) is 13.2. The lowest BCUT2D eigenvalue weighted by atomic mass is 9.84. The summed E-state index contributed by atoms with van der Waals surface area (Å²) in [6.45, 7) is 4.40. The fourth-order valence-electron chi connectivity index (χ4n) is 4.40. The van der Waals surface area contributed by atoms with Gasteiger partial charge in [0.1, 0.15) is 12.3 Å². The van der Waals surface area contributed by atoms with Crippen LogP contribution in [0.15, 0.2) is 17.6 Å². The molecular weight excluding hydrogens is 364 g/mol. The second kappa shape index (κ2) is 6.85. The first-order valence-corrected chi connectivity index (χ1v) is 10.4. The van der Waals surface area contributed by atoms with Crippen molar-refractivity contribution < 1.29 is 14.3 Å². The Labute approximate surface area is 161 Å². The average Bonchev–Trinajstić information content (AvgIpc) is 3.12. The fraction of sp³-hybridized carbons (Fsp3) is 0.526. The van der Waals surface area contributed by atoms with E-state index in [1.54, 1.807) is 11.1 Å². The second-order valence-electron chi connectivity index (χ2n) is 7.50. The van der Waals surface area contributed by atoms with Gasteiger partial charge in [0.25, 0.3) is 11.8 Å². The van der Waals surface area contributed by atoms with Crippen molar-refractivity contribution in [1.29, 1.82) is 0 Å². The molecule has 6 heterocycles. The minimum atomic E-state index is -0.124. The number of nitrogens with zero attached hydrogens (tertiary/aromatic N) is 3. The van der Waals surface area contributed by atoms with Crippen LogP contribution in [0, 0.1) is 5.92 Å². The molecule has 27 heavy (non-hydrogen) atoms. The molecule has 1 atom stereocenters. The normalized spacial score (nSPS) is 27.9. The van der Waals surface area contributed by atoms with E-state index in [9.17, 15) is 9.59 Å². The van der Waals surface area contributed by atoms with E-state index in [0.717, 1.165) is 48.2 Å². The number of carbonyl (C=O) groups excluding carboxylic acids is 2. The van der Waals surface area contributed by atoms with Crippen LogP contribution in [0.25, 0.3) is 10.1 Å². The van der Waals surface area contributed by atoms with E-state index in [-0.39, 0.29) is 24.5 Å². The molecule has 6 rings (SSSR count). The maximum atomic E-state index is 12.8. The van der Waals surface area contributed by atoms with Gasteiger partial charge in [0.15, 0.2) is 0 Å². The number of piperidine rings is 3. The molecule has 0 radical (unpaired) electrons. The van der Waals surface area contributed by atoms with Gasteiger partial charge < -0.3 is 19.9 Å².